The molecule has 1 unspecified atom stereocenters. The van der Waals surface area contributed by atoms with Crippen LogP contribution >= 0.6 is 0 Å². The summed E-state index contributed by atoms with van der Waals surface area (Å²) in [5.74, 6) is 0. The lowest BCUT2D eigenvalue weighted by molar-refractivity contribution is 0.265. The first kappa shape index (κ1) is 19.1. The van der Waals surface area contributed by atoms with E-state index in [1.165, 1.54) is 0 Å². The Morgan fingerprint density at radius 3 is 1.21 bits per heavy atom. The van der Waals surface area contributed by atoms with Gasteiger partial charge in [-0.15, -0.1) is 0 Å². The molecule has 0 heterocycles. The van der Waals surface area contributed by atoms with E-state index < -0.39 is 11.1 Å². The van der Waals surface area contributed by atoms with E-state index in [0.29, 0.717) is 6.42 Å². The lowest BCUT2D eigenvalue weighted by Gasteiger charge is -2.47. The first-order valence-electron chi connectivity index (χ1n) is 9.93. The largest absolute Gasteiger partial charge is 0.319 e. The summed E-state index contributed by atoms with van der Waals surface area (Å²) in [5, 5.41) is 0. The van der Waals surface area contributed by atoms with Gasteiger partial charge >= 0.3 is 0 Å². The van der Waals surface area contributed by atoms with Crippen LogP contribution in [0.15, 0.2) is 121 Å². The van der Waals surface area contributed by atoms with E-state index in [2.05, 4.69) is 48.5 Å². The van der Waals surface area contributed by atoms with Crippen LogP contribution < -0.4 is 11.5 Å². The fourth-order valence-electron chi connectivity index (χ4n) is 4.21. The number of rotatable bonds is 6. The van der Waals surface area contributed by atoms with Crippen molar-refractivity contribution in [1.29, 1.82) is 0 Å². The van der Waals surface area contributed by atoms with Crippen LogP contribution in [0.3, 0.4) is 0 Å². The summed E-state index contributed by atoms with van der Waals surface area (Å²) >= 11 is 0. The molecular formula is C27H26N2. The molecule has 4 aromatic carbocycles. The molecule has 0 aliphatic rings. The summed E-state index contributed by atoms with van der Waals surface area (Å²) in [5.41, 5.74) is 17.1. The average molecular weight is 379 g/mol. The van der Waals surface area contributed by atoms with E-state index in [1.54, 1.807) is 0 Å². The van der Waals surface area contributed by atoms with Crippen LogP contribution in [0.2, 0.25) is 0 Å². The molecule has 0 radical (unpaired) electrons. The predicted octanol–water partition coefficient (Wildman–Crippen LogP) is 4.99. The normalized spacial score (nSPS) is 13.6. The van der Waals surface area contributed by atoms with Gasteiger partial charge in [-0.3, -0.25) is 0 Å². The van der Waals surface area contributed by atoms with Crippen LogP contribution in [-0.2, 0) is 17.5 Å². The third kappa shape index (κ3) is 3.49. The molecule has 0 saturated heterocycles. The van der Waals surface area contributed by atoms with Gasteiger partial charge in [-0.25, -0.2) is 0 Å². The molecule has 4 rings (SSSR count). The van der Waals surface area contributed by atoms with Crippen LogP contribution in [0.25, 0.3) is 0 Å². The predicted molar refractivity (Wildman–Crippen MR) is 120 cm³/mol. The highest BCUT2D eigenvalue weighted by Gasteiger charge is 2.49. The van der Waals surface area contributed by atoms with Crippen molar-refractivity contribution in [2.45, 2.75) is 17.5 Å². The maximum absolute atomic E-state index is 7.37. The van der Waals surface area contributed by atoms with Gasteiger partial charge in [-0.2, -0.15) is 0 Å². The summed E-state index contributed by atoms with van der Waals surface area (Å²) in [7, 11) is 0. The molecule has 29 heavy (non-hydrogen) atoms. The van der Waals surface area contributed by atoms with Crippen molar-refractivity contribution in [2.24, 2.45) is 11.5 Å². The van der Waals surface area contributed by atoms with Crippen molar-refractivity contribution in [3.05, 3.63) is 144 Å². The number of nitrogens with two attached hydrogens (primary N) is 2. The summed E-state index contributed by atoms with van der Waals surface area (Å²) in [6, 6.07) is 40.9. The van der Waals surface area contributed by atoms with Crippen LogP contribution in [0.5, 0.6) is 0 Å². The second-order valence-corrected chi connectivity index (χ2v) is 7.54. The van der Waals surface area contributed by atoms with E-state index in [4.69, 9.17) is 11.5 Å². The van der Waals surface area contributed by atoms with Crippen molar-refractivity contribution >= 4 is 0 Å². The molecule has 0 aliphatic carbocycles. The molecule has 2 heteroatoms. The monoisotopic (exact) mass is 378 g/mol. The summed E-state index contributed by atoms with van der Waals surface area (Å²) in [4.78, 5) is 0. The third-order valence-electron chi connectivity index (χ3n) is 5.78. The molecule has 0 bridgehead atoms. The fourth-order valence-corrected chi connectivity index (χ4v) is 4.21. The molecule has 0 aliphatic heterocycles. The van der Waals surface area contributed by atoms with Gasteiger partial charge in [0.05, 0.1) is 11.1 Å². The number of benzene rings is 4. The van der Waals surface area contributed by atoms with Gasteiger partial charge in [0, 0.05) is 0 Å². The summed E-state index contributed by atoms with van der Waals surface area (Å²) in [6.07, 6.45) is 0.609. The molecular weight excluding hydrogens is 352 g/mol. The van der Waals surface area contributed by atoms with Gasteiger partial charge in [-0.05, 0) is 28.7 Å². The van der Waals surface area contributed by atoms with Gasteiger partial charge in [-0.1, -0.05) is 121 Å². The zero-order valence-electron chi connectivity index (χ0n) is 16.4. The van der Waals surface area contributed by atoms with Gasteiger partial charge in [0.15, 0.2) is 0 Å². The molecule has 144 valence electrons. The van der Waals surface area contributed by atoms with E-state index in [1.807, 2.05) is 72.8 Å². The van der Waals surface area contributed by atoms with Gasteiger partial charge < -0.3 is 11.5 Å². The second kappa shape index (κ2) is 8.04. The van der Waals surface area contributed by atoms with Crippen LogP contribution in [0, 0.1) is 0 Å². The molecule has 0 spiro atoms. The molecule has 4 aromatic rings. The molecule has 2 nitrogen and oxygen atoms in total. The highest BCUT2D eigenvalue weighted by Crippen LogP contribution is 2.44. The highest BCUT2D eigenvalue weighted by atomic mass is 14.9. The van der Waals surface area contributed by atoms with Gasteiger partial charge in [0.25, 0.3) is 0 Å². The van der Waals surface area contributed by atoms with E-state index in [9.17, 15) is 0 Å². The fraction of sp³-hybridized carbons (Fsp3) is 0.111. The van der Waals surface area contributed by atoms with Crippen molar-refractivity contribution < 1.29 is 0 Å². The molecule has 0 aromatic heterocycles. The molecule has 0 fully saturated rings. The number of hydrogen-bond acceptors (Lipinski definition) is 2. The van der Waals surface area contributed by atoms with Crippen molar-refractivity contribution in [3.63, 3.8) is 0 Å². The maximum atomic E-state index is 7.37. The molecule has 0 amide bonds. The zero-order chi connectivity index (χ0) is 20.2. The molecule has 0 saturated carbocycles. The lowest BCUT2D eigenvalue weighted by atomic mass is 9.63. The van der Waals surface area contributed by atoms with Gasteiger partial charge in [0.1, 0.15) is 0 Å². The smallest absolute Gasteiger partial charge is 0.0893 e. The third-order valence-corrected chi connectivity index (χ3v) is 5.78. The van der Waals surface area contributed by atoms with E-state index in [0.717, 1.165) is 22.3 Å². The van der Waals surface area contributed by atoms with E-state index >= 15 is 0 Å². The van der Waals surface area contributed by atoms with Crippen LogP contribution in [0.4, 0.5) is 0 Å². The molecule has 4 N–H and O–H groups in total. The Labute approximate surface area is 172 Å². The average Bonchev–Trinajstić information content (AvgIpc) is 2.81. The first-order chi connectivity index (χ1) is 14.1. The second-order valence-electron chi connectivity index (χ2n) is 7.54. The Kier molecular flexibility index (Phi) is 5.30. The Morgan fingerprint density at radius 1 is 0.448 bits per heavy atom. The summed E-state index contributed by atoms with van der Waals surface area (Å²) in [6.45, 7) is 0. The van der Waals surface area contributed by atoms with Crippen LogP contribution in [0.1, 0.15) is 22.3 Å². The minimum absolute atomic E-state index is 0.609. The Balaban J connectivity index is 1.99. The van der Waals surface area contributed by atoms with Gasteiger partial charge in [0.2, 0.25) is 0 Å². The highest BCUT2D eigenvalue weighted by molar-refractivity contribution is 5.47. The zero-order valence-corrected chi connectivity index (χ0v) is 16.4. The minimum atomic E-state index is -0.924. The topological polar surface area (TPSA) is 52.0 Å². The van der Waals surface area contributed by atoms with E-state index in [-0.39, 0.29) is 0 Å². The SMILES string of the molecule is NC(Cc1ccccc1)(c1ccccc1)C(N)(c1ccccc1)c1ccccc1. The standard InChI is InChI=1S/C27H26N2/c28-26(23-15-7-2-8-16-23,21-22-13-5-1-6-14-22)27(29,24-17-9-3-10-18-24)25-19-11-4-12-20-25/h1-20H,21,28-29H2. The Morgan fingerprint density at radius 2 is 0.793 bits per heavy atom. The summed E-state index contributed by atoms with van der Waals surface area (Å²) < 4.78 is 0. The first-order valence-corrected chi connectivity index (χ1v) is 9.93. The maximum Gasteiger partial charge on any atom is 0.0893 e. The van der Waals surface area contributed by atoms with Crippen molar-refractivity contribution in [2.75, 3.05) is 0 Å². The lowest BCUT2D eigenvalue weighted by Crippen LogP contribution is -2.63. The van der Waals surface area contributed by atoms with Crippen LogP contribution in [-0.4, -0.2) is 0 Å². The number of hydrogen-bond donors (Lipinski definition) is 2. The Bertz CT molecular complexity index is 991. The molecule has 1 atom stereocenters. The Hall–Kier alpha value is -3.20. The quantitative estimate of drug-likeness (QED) is 0.497. The van der Waals surface area contributed by atoms with Crippen molar-refractivity contribution in [1.82, 2.24) is 0 Å². The minimum Gasteiger partial charge on any atom is -0.319 e. The van der Waals surface area contributed by atoms with Crippen molar-refractivity contribution in [3.8, 4) is 0 Å².